The minimum absolute atomic E-state index is 0.0258. The molecule has 3 aliphatic heterocycles. The highest BCUT2D eigenvalue weighted by Crippen LogP contribution is 2.38. The van der Waals surface area contributed by atoms with Crippen molar-refractivity contribution in [3.8, 4) is 0 Å². The number of aliphatic hydroxyl groups is 1. The molecular formula is C34H64N4O7. The highest BCUT2D eigenvalue weighted by atomic mass is 16.7. The number of likely N-dealkylation sites (N-methyl/N-ethyl adjacent to an activating group) is 2. The number of rotatable bonds is 7. The molecule has 3 heterocycles. The Morgan fingerprint density at radius 2 is 1.69 bits per heavy atom. The van der Waals surface area contributed by atoms with Crippen LogP contribution in [0.4, 0.5) is 0 Å². The van der Waals surface area contributed by atoms with Crippen molar-refractivity contribution in [3.05, 3.63) is 0 Å². The molecular weight excluding hydrogens is 576 g/mol. The molecule has 0 bridgehead atoms. The number of ketones is 1. The van der Waals surface area contributed by atoms with E-state index in [1.807, 2.05) is 32.8 Å². The molecule has 0 aromatic heterocycles. The first-order valence-corrected chi connectivity index (χ1v) is 17.0. The fraction of sp³-hybridized carbons (Fsp3) is 0.941. The predicted octanol–water partition coefficient (Wildman–Crippen LogP) is 2.34. The molecule has 0 saturated carbocycles. The number of cyclic esters (lactones) is 1. The van der Waals surface area contributed by atoms with Crippen LogP contribution in [0.5, 0.6) is 0 Å². The van der Waals surface area contributed by atoms with E-state index in [4.69, 9.17) is 18.9 Å². The highest BCUT2D eigenvalue weighted by Gasteiger charge is 2.51. The summed E-state index contributed by atoms with van der Waals surface area (Å²) < 4.78 is 25.0. The summed E-state index contributed by atoms with van der Waals surface area (Å²) in [5, 5.41) is 11.3. The van der Waals surface area contributed by atoms with Gasteiger partial charge in [0.05, 0.1) is 23.9 Å². The maximum atomic E-state index is 14.2. The van der Waals surface area contributed by atoms with Crippen LogP contribution in [0.2, 0.25) is 0 Å². The van der Waals surface area contributed by atoms with E-state index in [9.17, 15) is 14.7 Å². The van der Waals surface area contributed by atoms with Crippen molar-refractivity contribution in [1.29, 1.82) is 0 Å². The van der Waals surface area contributed by atoms with Crippen LogP contribution in [0, 0.1) is 17.3 Å². The largest absolute Gasteiger partial charge is 0.463 e. The van der Waals surface area contributed by atoms with Crippen LogP contribution in [-0.2, 0) is 28.5 Å². The minimum atomic E-state index is -1.41. The molecule has 0 unspecified atom stereocenters. The molecule has 0 amide bonds. The number of hydrogen-bond acceptors (Lipinski definition) is 11. The average molecular weight is 641 g/mol. The van der Waals surface area contributed by atoms with Crippen molar-refractivity contribution in [2.75, 3.05) is 74.1 Å². The first kappa shape index (κ1) is 38.3. The molecule has 3 saturated heterocycles. The lowest BCUT2D eigenvalue weighted by Gasteiger charge is -2.47. The normalized spacial score (nSPS) is 38.9. The van der Waals surface area contributed by atoms with Crippen LogP contribution >= 0.6 is 0 Å². The second-order valence-corrected chi connectivity index (χ2v) is 15.4. The highest BCUT2D eigenvalue weighted by molar-refractivity contribution is 6.04. The number of aliphatic hydroxyl groups excluding tert-OH is 1. The van der Waals surface area contributed by atoms with E-state index < -0.39 is 41.4 Å². The number of piperazine rings is 1. The van der Waals surface area contributed by atoms with E-state index in [-0.39, 0.29) is 36.5 Å². The van der Waals surface area contributed by atoms with E-state index in [2.05, 4.69) is 42.5 Å². The maximum Gasteiger partial charge on any atom is 0.319 e. The number of carbonyl (C=O) groups excluding carboxylic acids is 2. The molecule has 0 aromatic rings. The lowest BCUT2D eigenvalue weighted by molar-refractivity contribution is -0.295. The number of hydrogen-bond donors (Lipinski definition) is 1. The molecule has 0 spiro atoms. The molecule has 11 nitrogen and oxygen atoms in total. The number of nitrogens with zero attached hydrogens (tertiary/aromatic N) is 4. The zero-order chi connectivity index (χ0) is 33.9. The molecule has 3 rings (SSSR count). The van der Waals surface area contributed by atoms with Gasteiger partial charge < -0.3 is 29.0 Å². The first-order valence-electron chi connectivity index (χ1n) is 17.0. The lowest BCUT2D eigenvalue weighted by atomic mass is 9.74. The monoisotopic (exact) mass is 640 g/mol. The third-order valence-corrected chi connectivity index (χ3v) is 10.6. The van der Waals surface area contributed by atoms with Gasteiger partial charge >= 0.3 is 5.97 Å². The van der Waals surface area contributed by atoms with E-state index >= 15 is 0 Å². The summed E-state index contributed by atoms with van der Waals surface area (Å²) in [6.45, 7) is 21.4. The summed E-state index contributed by atoms with van der Waals surface area (Å²) >= 11 is 0. The van der Waals surface area contributed by atoms with Gasteiger partial charge in [-0.05, 0) is 81.4 Å². The molecule has 0 radical (unpaired) electrons. The first-order chi connectivity index (χ1) is 20.9. The molecule has 3 aliphatic rings. The Bertz CT molecular complexity index is 972. The topological polar surface area (TPSA) is 104 Å². The molecule has 0 aliphatic carbocycles. The van der Waals surface area contributed by atoms with Crippen LogP contribution in [0.3, 0.4) is 0 Å². The van der Waals surface area contributed by atoms with Crippen molar-refractivity contribution in [1.82, 2.24) is 19.6 Å². The molecule has 1 N–H and O–H groups in total. The second kappa shape index (κ2) is 15.8. The van der Waals surface area contributed by atoms with Gasteiger partial charge in [-0.2, -0.15) is 0 Å². The van der Waals surface area contributed by atoms with Crippen molar-refractivity contribution in [3.63, 3.8) is 0 Å². The quantitative estimate of drug-likeness (QED) is 0.328. The number of methoxy groups -OCH3 is 1. The lowest BCUT2D eigenvalue weighted by Crippen LogP contribution is -2.59. The fourth-order valence-corrected chi connectivity index (χ4v) is 7.54. The maximum absolute atomic E-state index is 14.2. The summed E-state index contributed by atoms with van der Waals surface area (Å²) in [6.07, 6.45) is -1.57. The summed E-state index contributed by atoms with van der Waals surface area (Å²) in [5.74, 6) is -1.42. The van der Waals surface area contributed by atoms with Gasteiger partial charge in [0.15, 0.2) is 12.1 Å². The molecule has 3 fully saturated rings. The molecule has 0 aromatic carbocycles. The summed E-state index contributed by atoms with van der Waals surface area (Å²) in [6, 6.07) is 0.331. The van der Waals surface area contributed by atoms with Gasteiger partial charge in [0.2, 0.25) is 0 Å². The number of esters is 1. The zero-order valence-electron chi connectivity index (χ0n) is 30.2. The number of Topliss-reactive ketones (excluding diaryl/α,β-unsaturated/α-hetero) is 1. The van der Waals surface area contributed by atoms with Gasteiger partial charge in [0.25, 0.3) is 0 Å². The minimum Gasteiger partial charge on any atom is -0.463 e. The van der Waals surface area contributed by atoms with Crippen LogP contribution in [-0.4, -0.2) is 159 Å². The van der Waals surface area contributed by atoms with Crippen molar-refractivity contribution in [2.45, 2.75) is 117 Å². The van der Waals surface area contributed by atoms with Crippen molar-refractivity contribution >= 4 is 11.8 Å². The van der Waals surface area contributed by atoms with Gasteiger partial charge in [-0.25, -0.2) is 0 Å². The Morgan fingerprint density at radius 1 is 1.07 bits per heavy atom. The molecule has 45 heavy (non-hydrogen) atoms. The van der Waals surface area contributed by atoms with E-state index in [1.54, 1.807) is 27.9 Å². The van der Waals surface area contributed by atoms with Gasteiger partial charge in [0, 0.05) is 64.4 Å². The predicted molar refractivity (Wildman–Crippen MR) is 175 cm³/mol. The molecule has 9 atom stereocenters. The molecule has 262 valence electrons. The summed E-state index contributed by atoms with van der Waals surface area (Å²) in [4.78, 5) is 37.1. The van der Waals surface area contributed by atoms with Crippen LogP contribution < -0.4 is 0 Å². The van der Waals surface area contributed by atoms with Gasteiger partial charge in [0.1, 0.15) is 18.1 Å². The van der Waals surface area contributed by atoms with Gasteiger partial charge in [-0.1, -0.05) is 13.8 Å². The fourth-order valence-electron chi connectivity index (χ4n) is 7.54. The average Bonchev–Trinajstić information content (AvgIpc) is 2.97. The smallest absolute Gasteiger partial charge is 0.319 e. The SMILES string of the molecule is CO[C@]1(C)C[C@@H](C)CN(C)[C@H](CN2CCN(C(C)C)CC2)COC(=O)C(C)(C)C(=O)[C@H](C)[C@H]1O[C@@H]1O[C@H](C)C[C@H](N(C)C)[C@H]1O. The van der Waals surface area contributed by atoms with Crippen LogP contribution in [0.15, 0.2) is 0 Å². The Hall–Kier alpha value is -1.18. The Balaban J connectivity index is 1.91. The van der Waals surface area contributed by atoms with Gasteiger partial charge in [-0.3, -0.25) is 24.3 Å². The Labute approximate surface area is 272 Å². The van der Waals surface area contributed by atoms with Crippen molar-refractivity contribution in [2.24, 2.45) is 17.3 Å². The summed E-state index contributed by atoms with van der Waals surface area (Å²) in [7, 11) is 7.59. The zero-order valence-corrected chi connectivity index (χ0v) is 30.2. The van der Waals surface area contributed by atoms with Crippen molar-refractivity contribution < 1.29 is 33.6 Å². The third-order valence-electron chi connectivity index (χ3n) is 10.6. The number of carbonyl (C=O) groups is 2. The van der Waals surface area contributed by atoms with E-state index in [0.717, 1.165) is 39.3 Å². The van der Waals surface area contributed by atoms with E-state index in [0.29, 0.717) is 18.9 Å². The Kier molecular flexibility index (Phi) is 13.4. The van der Waals surface area contributed by atoms with E-state index in [1.165, 1.54) is 0 Å². The Morgan fingerprint density at radius 3 is 2.24 bits per heavy atom. The standard InChI is InChI=1S/C34H64N4O7/c1-22(2)38-15-13-37(14-16-38)20-26-21-43-32(41)33(6,7)29(40)25(5)30(34(8,42-12)18-23(3)19-36(26)11)45-31-28(39)27(35(9)10)17-24(4)44-31/h22-28,30-31,39H,13-21H2,1-12H3/t23-,24-,25+,26-,27+,28-,30-,31+,34-/m1/s1. The van der Waals surface area contributed by atoms with Crippen LogP contribution in [0.25, 0.3) is 0 Å². The van der Waals surface area contributed by atoms with Gasteiger partial charge in [-0.15, -0.1) is 0 Å². The second-order valence-electron chi connectivity index (χ2n) is 15.4. The molecule has 11 heteroatoms. The number of ether oxygens (including phenoxy) is 4. The third kappa shape index (κ3) is 9.25. The van der Waals surface area contributed by atoms with Crippen LogP contribution in [0.1, 0.15) is 68.2 Å². The summed E-state index contributed by atoms with van der Waals surface area (Å²) in [5.41, 5.74) is -2.32.